The van der Waals surface area contributed by atoms with Crippen LogP contribution < -0.4 is 15.2 Å². The van der Waals surface area contributed by atoms with E-state index in [4.69, 9.17) is 9.47 Å². The largest absolute Gasteiger partial charge is 0.489 e. The van der Waals surface area contributed by atoms with Crippen molar-refractivity contribution in [2.75, 3.05) is 0 Å². The first-order valence-corrected chi connectivity index (χ1v) is 10.5. The molecule has 0 radical (unpaired) electrons. The van der Waals surface area contributed by atoms with Crippen LogP contribution in [0.3, 0.4) is 0 Å². The second-order valence-corrected chi connectivity index (χ2v) is 7.49. The summed E-state index contributed by atoms with van der Waals surface area (Å²) in [5.41, 5.74) is 3.63. The van der Waals surface area contributed by atoms with E-state index < -0.39 is 0 Å². The van der Waals surface area contributed by atoms with Gasteiger partial charge in [0.25, 0.3) is 0 Å². The van der Waals surface area contributed by atoms with Crippen LogP contribution in [0.4, 0.5) is 0 Å². The molecular weight excluding hydrogens is 418 g/mol. The van der Waals surface area contributed by atoms with Gasteiger partial charge in [0, 0.05) is 12.6 Å². The zero-order valence-corrected chi connectivity index (χ0v) is 18.6. The Morgan fingerprint density at radius 1 is 1.03 bits per heavy atom. The van der Waals surface area contributed by atoms with E-state index in [-0.39, 0.29) is 12.3 Å². The van der Waals surface area contributed by atoms with Crippen molar-refractivity contribution >= 4 is 0 Å². The molecule has 0 aliphatic carbocycles. The summed E-state index contributed by atoms with van der Waals surface area (Å²) in [6, 6.07) is 20.5. The molecule has 0 unspecified atom stereocenters. The molecule has 1 heterocycles. The zero-order valence-electron chi connectivity index (χ0n) is 18.6. The number of aryl methyl sites for hydroxylation is 3. The summed E-state index contributed by atoms with van der Waals surface area (Å²) >= 11 is 0. The second-order valence-electron chi connectivity index (χ2n) is 7.49. The van der Waals surface area contributed by atoms with Crippen LogP contribution in [0.25, 0.3) is 5.69 Å². The van der Waals surface area contributed by atoms with Gasteiger partial charge in [0.1, 0.15) is 29.9 Å². The van der Waals surface area contributed by atoms with Gasteiger partial charge >= 0.3 is 5.69 Å². The Morgan fingerprint density at radius 3 is 2.55 bits per heavy atom. The standard InChI is InChI=1S/C25H23N5O3/c1-4-18-9-7-10-22(30-25(31)29(3)27-28-30)21(18)16-32-23-13-12-20(14-17(23)2)33-24-11-6-5-8-19(24)15-26/h5-14H,4,16H2,1-3H3. The minimum Gasteiger partial charge on any atom is -0.489 e. The topological polar surface area (TPSA) is 95.0 Å². The lowest BCUT2D eigenvalue weighted by molar-refractivity contribution is 0.301. The van der Waals surface area contributed by atoms with Crippen molar-refractivity contribution in [3.05, 3.63) is 93.4 Å². The third kappa shape index (κ3) is 4.48. The summed E-state index contributed by atoms with van der Waals surface area (Å²) < 4.78 is 14.5. The van der Waals surface area contributed by atoms with Crippen LogP contribution in [0.15, 0.2) is 65.5 Å². The molecule has 166 valence electrons. The Bertz CT molecular complexity index is 1400. The molecule has 0 N–H and O–H groups in total. The van der Waals surface area contributed by atoms with Crippen LogP contribution in [0.1, 0.15) is 29.2 Å². The normalized spacial score (nSPS) is 10.6. The van der Waals surface area contributed by atoms with Gasteiger partial charge in [0.2, 0.25) is 0 Å². The summed E-state index contributed by atoms with van der Waals surface area (Å²) in [5, 5.41) is 17.1. The van der Waals surface area contributed by atoms with Crippen LogP contribution in [0, 0.1) is 18.3 Å². The first-order valence-electron chi connectivity index (χ1n) is 10.5. The molecule has 33 heavy (non-hydrogen) atoms. The highest BCUT2D eigenvalue weighted by Gasteiger charge is 2.15. The number of nitriles is 1. The molecule has 0 aliphatic rings. The second kappa shape index (κ2) is 9.40. The molecule has 8 nitrogen and oxygen atoms in total. The number of rotatable bonds is 7. The van der Waals surface area contributed by atoms with Crippen molar-refractivity contribution in [1.29, 1.82) is 5.26 Å². The summed E-state index contributed by atoms with van der Waals surface area (Å²) in [7, 11) is 1.56. The van der Waals surface area contributed by atoms with Crippen molar-refractivity contribution in [3.63, 3.8) is 0 Å². The molecule has 0 fully saturated rings. The van der Waals surface area contributed by atoms with Gasteiger partial charge in [-0.25, -0.2) is 4.79 Å². The number of tetrazole rings is 1. The van der Waals surface area contributed by atoms with Crippen LogP contribution in [-0.4, -0.2) is 19.8 Å². The third-order valence-corrected chi connectivity index (χ3v) is 5.33. The van der Waals surface area contributed by atoms with Crippen molar-refractivity contribution in [2.45, 2.75) is 26.9 Å². The van der Waals surface area contributed by atoms with Crippen molar-refractivity contribution < 1.29 is 9.47 Å². The number of para-hydroxylation sites is 1. The fourth-order valence-electron chi connectivity index (χ4n) is 3.55. The highest BCUT2D eigenvalue weighted by molar-refractivity contribution is 5.48. The molecule has 0 saturated heterocycles. The maximum atomic E-state index is 12.4. The first kappa shape index (κ1) is 21.8. The number of benzene rings is 3. The molecule has 0 spiro atoms. The van der Waals surface area contributed by atoms with Crippen molar-refractivity contribution in [1.82, 2.24) is 19.8 Å². The summed E-state index contributed by atoms with van der Waals surface area (Å²) in [4.78, 5) is 12.4. The van der Waals surface area contributed by atoms with Crippen LogP contribution in [0.2, 0.25) is 0 Å². The molecule has 4 rings (SSSR count). The molecule has 0 aliphatic heterocycles. The predicted molar refractivity (Wildman–Crippen MR) is 123 cm³/mol. The lowest BCUT2D eigenvalue weighted by Gasteiger charge is -2.16. The van der Waals surface area contributed by atoms with Crippen molar-refractivity contribution in [2.24, 2.45) is 7.05 Å². The predicted octanol–water partition coefficient (Wildman–Crippen LogP) is 4.08. The first-order chi connectivity index (χ1) is 16.0. The average Bonchev–Trinajstić information content (AvgIpc) is 3.16. The SMILES string of the molecule is CCc1cccc(-n2nnn(C)c2=O)c1COc1ccc(Oc2ccccc2C#N)cc1C. The van der Waals surface area contributed by atoms with Gasteiger partial charge in [-0.05, 0) is 71.3 Å². The van der Waals surface area contributed by atoms with E-state index in [0.717, 1.165) is 23.1 Å². The lowest BCUT2D eigenvalue weighted by Crippen LogP contribution is -2.23. The third-order valence-electron chi connectivity index (χ3n) is 5.33. The average molecular weight is 441 g/mol. The number of hydrogen-bond acceptors (Lipinski definition) is 6. The lowest BCUT2D eigenvalue weighted by atomic mass is 10.0. The van der Waals surface area contributed by atoms with Gasteiger partial charge in [-0.3, -0.25) is 0 Å². The number of aromatic nitrogens is 4. The van der Waals surface area contributed by atoms with E-state index in [0.29, 0.717) is 28.5 Å². The molecule has 4 aromatic rings. The summed E-state index contributed by atoms with van der Waals surface area (Å²) in [5.74, 6) is 1.81. The van der Waals surface area contributed by atoms with Crippen LogP contribution in [-0.2, 0) is 20.1 Å². The molecule has 0 atom stereocenters. The van der Waals surface area contributed by atoms with Gasteiger partial charge in [-0.1, -0.05) is 31.2 Å². The van der Waals surface area contributed by atoms with Gasteiger partial charge in [-0.2, -0.15) is 14.6 Å². The number of ether oxygens (including phenoxy) is 2. The van der Waals surface area contributed by atoms with Gasteiger partial charge in [-0.15, -0.1) is 0 Å². The quantitative estimate of drug-likeness (QED) is 0.429. The highest BCUT2D eigenvalue weighted by atomic mass is 16.5. The fourth-order valence-corrected chi connectivity index (χ4v) is 3.55. The number of nitrogens with zero attached hydrogens (tertiary/aromatic N) is 5. The van der Waals surface area contributed by atoms with Crippen molar-refractivity contribution in [3.8, 4) is 29.0 Å². The highest BCUT2D eigenvalue weighted by Crippen LogP contribution is 2.30. The molecule has 1 aromatic heterocycles. The maximum Gasteiger partial charge on any atom is 0.368 e. The Hall–Kier alpha value is -4.38. The maximum absolute atomic E-state index is 12.4. The van der Waals surface area contributed by atoms with Crippen LogP contribution >= 0.6 is 0 Å². The van der Waals surface area contributed by atoms with Gasteiger partial charge in [0.15, 0.2) is 0 Å². The van der Waals surface area contributed by atoms with E-state index >= 15 is 0 Å². The van der Waals surface area contributed by atoms with E-state index in [9.17, 15) is 10.1 Å². The molecule has 3 aromatic carbocycles. The summed E-state index contributed by atoms with van der Waals surface area (Å²) in [6.07, 6.45) is 0.783. The molecular formula is C25H23N5O3. The Kier molecular flexibility index (Phi) is 6.22. The Labute approximate surface area is 191 Å². The smallest absolute Gasteiger partial charge is 0.368 e. The van der Waals surface area contributed by atoms with E-state index in [1.807, 2.05) is 43.3 Å². The van der Waals surface area contributed by atoms with Gasteiger partial charge in [0.05, 0.1) is 11.3 Å². The monoisotopic (exact) mass is 441 g/mol. The molecule has 0 saturated carbocycles. The minimum absolute atomic E-state index is 0.265. The van der Waals surface area contributed by atoms with Crippen LogP contribution in [0.5, 0.6) is 17.2 Å². The van der Waals surface area contributed by atoms with E-state index in [1.165, 1.54) is 9.36 Å². The zero-order chi connectivity index (χ0) is 23.4. The van der Waals surface area contributed by atoms with E-state index in [1.54, 1.807) is 31.3 Å². The van der Waals surface area contributed by atoms with E-state index in [2.05, 4.69) is 23.4 Å². The molecule has 0 amide bonds. The number of hydrogen-bond donors (Lipinski definition) is 0. The molecule has 0 bridgehead atoms. The fraction of sp³-hybridized carbons (Fsp3) is 0.200. The molecule has 8 heteroatoms. The minimum atomic E-state index is -0.320. The summed E-state index contributed by atoms with van der Waals surface area (Å²) in [6.45, 7) is 4.25. The Morgan fingerprint density at radius 2 is 1.85 bits per heavy atom. The van der Waals surface area contributed by atoms with Gasteiger partial charge < -0.3 is 9.47 Å². The Balaban J connectivity index is 1.58.